The second-order valence-corrected chi connectivity index (χ2v) is 18.9. The SMILES string of the molecule is c1ccc(-c2cc(C(CC(c3ccc(OCC4CO4)c(-c4ccccc4)c3)c3ccc(OCC4CO4)c(-c4ccccc4)c3)c3ccc(OCC4CO4)c(-c4ccccc4)c3)ccc2OCC2CO2)cc1. The molecule has 8 aromatic carbocycles. The monoisotopic (exact) mass is 940 g/mol. The van der Waals surface area contributed by atoms with Crippen LogP contribution in [0.4, 0.5) is 0 Å². The van der Waals surface area contributed by atoms with E-state index in [4.69, 9.17) is 37.9 Å². The highest BCUT2D eigenvalue weighted by Crippen LogP contribution is 2.47. The molecule has 4 atom stereocenters. The first-order valence-electron chi connectivity index (χ1n) is 24.9. The minimum absolute atomic E-state index is 0.113. The largest absolute Gasteiger partial charge is 0.490 e. The molecular formula is C63H56O8. The van der Waals surface area contributed by atoms with Crippen molar-refractivity contribution in [2.45, 2.75) is 42.7 Å². The molecule has 0 aromatic heterocycles. The molecule has 4 fully saturated rings. The lowest BCUT2D eigenvalue weighted by Crippen LogP contribution is -2.12. The van der Waals surface area contributed by atoms with Crippen LogP contribution in [0.2, 0.25) is 0 Å². The lowest BCUT2D eigenvalue weighted by atomic mass is 9.76. The maximum atomic E-state index is 6.54. The van der Waals surface area contributed by atoms with Crippen LogP contribution >= 0.6 is 0 Å². The van der Waals surface area contributed by atoms with Crippen LogP contribution in [0.5, 0.6) is 23.0 Å². The molecule has 0 saturated carbocycles. The zero-order chi connectivity index (χ0) is 47.3. The van der Waals surface area contributed by atoms with Gasteiger partial charge in [0.25, 0.3) is 0 Å². The molecule has 0 radical (unpaired) electrons. The Kier molecular flexibility index (Phi) is 13.1. The number of hydrogen-bond donors (Lipinski definition) is 0. The number of hydrogen-bond acceptors (Lipinski definition) is 8. The van der Waals surface area contributed by atoms with Gasteiger partial charge in [0.2, 0.25) is 0 Å². The van der Waals surface area contributed by atoms with E-state index in [1.54, 1.807) is 0 Å². The average molecular weight is 941 g/mol. The predicted octanol–water partition coefficient (Wildman–Crippen LogP) is 12.8. The van der Waals surface area contributed by atoms with Gasteiger partial charge in [-0.15, -0.1) is 0 Å². The predicted molar refractivity (Wildman–Crippen MR) is 277 cm³/mol. The third kappa shape index (κ3) is 11.1. The fourth-order valence-corrected chi connectivity index (χ4v) is 9.49. The van der Waals surface area contributed by atoms with E-state index in [0.29, 0.717) is 32.8 Å². The Morgan fingerprint density at radius 2 is 0.535 bits per heavy atom. The van der Waals surface area contributed by atoms with Gasteiger partial charge in [0, 0.05) is 34.1 Å². The van der Waals surface area contributed by atoms with Gasteiger partial charge in [-0.05, 0) is 99.5 Å². The summed E-state index contributed by atoms with van der Waals surface area (Å²) in [5.74, 6) is 3.11. The lowest BCUT2D eigenvalue weighted by molar-refractivity contribution is 0.263. The van der Waals surface area contributed by atoms with Crippen molar-refractivity contribution in [3.05, 3.63) is 216 Å². The molecule has 0 bridgehead atoms. The second-order valence-electron chi connectivity index (χ2n) is 18.9. The van der Waals surface area contributed by atoms with Gasteiger partial charge >= 0.3 is 0 Å². The standard InChI is InChI=1S/C63H56O8/c1-5-13-42(14-6-1)56-29-46(21-25-60(56)68-38-50-34-64-50)54(47-22-26-61(69-39-51-35-65-51)57(30-47)43-15-7-2-8-16-43)33-55(48-23-27-62(70-40-52-36-66-52)58(31-48)44-17-9-3-10-18-44)49-24-28-63(71-41-53-37-67-53)59(32-49)45-19-11-4-12-20-45/h1-32,50-55H,33-41H2. The summed E-state index contributed by atoms with van der Waals surface area (Å²) in [5.41, 5.74) is 13.2. The molecule has 8 nitrogen and oxygen atoms in total. The maximum Gasteiger partial charge on any atom is 0.127 e. The Hall–Kier alpha value is -7.20. The summed E-state index contributed by atoms with van der Waals surface area (Å²) < 4.78 is 48.5. The summed E-state index contributed by atoms with van der Waals surface area (Å²) in [6, 6.07) is 69.2. The van der Waals surface area contributed by atoms with Gasteiger partial charge in [-0.2, -0.15) is 0 Å². The molecule has 8 aromatic rings. The third-order valence-electron chi connectivity index (χ3n) is 13.7. The normalized spacial score (nSPS) is 19.3. The molecular weight excluding hydrogens is 885 g/mol. The van der Waals surface area contributed by atoms with Crippen molar-refractivity contribution in [2.24, 2.45) is 0 Å². The molecule has 8 heteroatoms. The average Bonchev–Trinajstić information content (AvgIpc) is 4.19. The van der Waals surface area contributed by atoms with Crippen molar-refractivity contribution >= 4 is 0 Å². The van der Waals surface area contributed by atoms with Crippen molar-refractivity contribution < 1.29 is 37.9 Å². The van der Waals surface area contributed by atoms with E-state index < -0.39 is 0 Å². The summed E-state index contributed by atoms with van der Waals surface area (Å²) >= 11 is 0. The van der Waals surface area contributed by atoms with Gasteiger partial charge in [-0.25, -0.2) is 0 Å². The molecule has 4 aliphatic heterocycles. The van der Waals surface area contributed by atoms with Gasteiger partial charge in [-0.3, -0.25) is 0 Å². The minimum atomic E-state index is -0.113. The fourth-order valence-electron chi connectivity index (χ4n) is 9.49. The van der Waals surface area contributed by atoms with Crippen LogP contribution in [-0.4, -0.2) is 77.3 Å². The Morgan fingerprint density at radius 1 is 0.310 bits per heavy atom. The van der Waals surface area contributed by atoms with Crippen LogP contribution in [0.15, 0.2) is 194 Å². The fraction of sp³-hybridized carbons (Fsp3) is 0.238. The molecule has 0 amide bonds. The summed E-state index contributed by atoms with van der Waals surface area (Å²) in [6.07, 6.45) is 1.19. The minimum Gasteiger partial charge on any atom is -0.490 e. The molecule has 4 saturated heterocycles. The zero-order valence-electron chi connectivity index (χ0n) is 39.6. The molecule has 71 heavy (non-hydrogen) atoms. The Balaban J connectivity index is 1.04. The highest BCUT2D eigenvalue weighted by atomic mass is 16.6. The summed E-state index contributed by atoms with van der Waals surface area (Å²) in [7, 11) is 0. The molecule has 0 N–H and O–H groups in total. The topological polar surface area (TPSA) is 87.0 Å². The van der Waals surface area contributed by atoms with E-state index >= 15 is 0 Å². The van der Waals surface area contributed by atoms with Gasteiger partial charge < -0.3 is 37.9 Å². The molecule has 0 spiro atoms. The summed E-state index contributed by atoms with van der Waals surface area (Å²) in [5, 5.41) is 0. The summed E-state index contributed by atoms with van der Waals surface area (Å²) in [6.45, 7) is 4.92. The molecule has 12 rings (SSSR count). The van der Waals surface area contributed by atoms with E-state index in [0.717, 1.165) is 93.9 Å². The van der Waals surface area contributed by atoms with E-state index in [9.17, 15) is 0 Å². The first kappa shape index (κ1) is 45.0. The molecule has 4 unspecified atom stereocenters. The highest BCUT2D eigenvalue weighted by molar-refractivity contribution is 5.76. The van der Waals surface area contributed by atoms with E-state index in [1.807, 2.05) is 0 Å². The molecule has 356 valence electrons. The quantitative estimate of drug-likeness (QED) is 0.0621. The Morgan fingerprint density at radius 3 is 0.746 bits per heavy atom. The number of epoxide rings is 4. The van der Waals surface area contributed by atoms with Gasteiger partial charge in [0.05, 0.1) is 26.4 Å². The number of ether oxygens (including phenoxy) is 8. The first-order chi connectivity index (χ1) is 35.1. The van der Waals surface area contributed by atoms with Crippen molar-refractivity contribution in [2.75, 3.05) is 52.9 Å². The van der Waals surface area contributed by atoms with Crippen molar-refractivity contribution in [3.8, 4) is 67.5 Å². The van der Waals surface area contributed by atoms with E-state index in [2.05, 4.69) is 194 Å². The van der Waals surface area contributed by atoms with E-state index in [1.165, 1.54) is 22.3 Å². The Bertz CT molecular complexity index is 2640. The number of rotatable bonds is 22. The van der Waals surface area contributed by atoms with Crippen LogP contribution in [0.1, 0.15) is 40.5 Å². The van der Waals surface area contributed by atoms with Crippen LogP contribution in [-0.2, 0) is 18.9 Å². The van der Waals surface area contributed by atoms with Crippen LogP contribution < -0.4 is 18.9 Å². The van der Waals surface area contributed by atoms with Gasteiger partial charge in [0.1, 0.15) is 73.8 Å². The van der Waals surface area contributed by atoms with Crippen LogP contribution in [0, 0.1) is 0 Å². The lowest BCUT2D eigenvalue weighted by Gasteiger charge is -2.28. The highest BCUT2D eigenvalue weighted by Gasteiger charge is 2.31. The maximum absolute atomic E-state index is 6.54. The van der Waals surface area contributed by atoms with Gasteiger partial charge in [-0.1, -0.05) is 146 Å². The molecule has 4 aliphatic rings. The third-order valence-corrected chi connectivity index (χ3v) is 13.7. The zero-order valence-corrected chi connectivity index (χ0v) is 39.6. The number of benzene rings is 8. The van der Waals surface area contributed by atoms with Crippen molar-refractivity contribution in [3.63, 3.8) is 0 Å². The van der Waals surface area contributed by atoms with Crippen molar-refractivity contribution in [1.29, 1.82) is 0 Å². The molecule has 0 aliphatic carbocycles. The van der Waals surface area contributed by atoms with Crippen LogP contribution in [0.25, 0.3) is 44.5 Å². The summed E-state index contributed by atoms with van der Waals surface area (Å²) in [4.78, 5) is 0. The van der Waals surface area contributed by atoms with E-state index in [-0.39, 0.29) is 36.3 Å². The second kappa shape index (κ2) is 20.6. The van der Waals surface area contributed by atoms with Crippen LogP contribution in [0.3, 0.4) is 0 Å². The van der Waals surface area contributed by atoms with Crippen molar-refractivity contribution in [1.82, 2.24) is 0 Å². The van der Waals surface area contributed by atoms with Gasteiger partial charge in [0.15, 0.2) is 0 Å². The first-order valence-corrected chi connectivity index (χ1v) is 24.9. The smallest absolute Gasteiger partial charge is 0.127 e. The Labute approximate surface area is 415 Å². The molecule has 4 heterocycles.